The van der Waals surface area contributed by atoms with Crippen LogP contribution in [0.15, 0.2) is 0 Å². The van der Waals surface area contributed by atoms with E-state index in [1.165, 1.54) is 0 Å². The fraction of sp³-hybridized carbons (Fsp3) is 0.727. The van der Waals surface area contributed by atoms with Crippen LogP contribution in [-0.4, -0.2) is 54.9 Å². The quantitative estimate of drug-likeness (QED) is 0.437. The van der Waals surface area contributed by atoms with E-state index in [9.17, 15) is 14.4 Å². The van der Waals surface area contributed by atoms with Crippen LogP contribution in [0, 0.1) is 0 Å². The summed E-state index contributed by atoms with van der Waals surface area (Å²) in [6.45, 7) is 5.06. The van der Waals surface area contributed by atoms with Gasteiger partial charge in [0.2, 0.25) is 5.91 Å². The standard InChI is InChI=1S/C11H21N3O5/c1-7(2)13-10(17)8(3)14-11(18)12-4-5-19-6-9(15)16/h7-8H,4-6H2,1-3H3,(H,13,17)(H,15,16)(H2,12,14,18). The first-order chi connectivity index (χ1) is 8.82. The summed E-state index contributed by atoms with van der Waals surface area (Å²) in [7, 11) is 0. The van der Waals surface area contributed by atoms with Crippen LogP contribution in [0.25, 0.3) is 0 Å². The van der Waals surface area contributed by atoms with Crippen molar-refractivity contribution in [3.8, 4) is 0 Å². The zero-order valence-corrected chi connectivity index (χ0v) is 11.4. The molecular weight excluding hydrogens is 254 g/mol. The number of aliphatic carboxylic acids is 1. The average Bonchev–Trinajstić information content (AvgIpc) is 2.26. The van der Waals surface area contributed by atoms with Gasteiger partial charge in [-0.2, -0.15) is 0 Å². The molecule has 4 N–H and O–H groups in total. The number of carbonyl (C=O) groups excluding carboxylic acids is 2. The smallest absolute Gasteiger partial charge is 0.329 e. The second-order valence-corrected chi connectivity index (χ2v) is 4.23. The summed E-state index contributed by atoms with van der Waals surface area (Å²) in [5.41, 5.74) is 0. The average molecular weight is 275 g/mol. The van der Waals surface area contributed by atoms with E-state index in [-0.39, 0.29) is 25.1 Å². The number of amides is 3. The van der Waals surface area contributed by atoms with Crippen molar-refractivity contribution < 1.29 is 24.2 Å². The molecule has 0 aliphatic rings. The Balaban J connectivity index is 3.73. The second-order valence-electron chi connectivity index (χ2n) is 4.23. The second kappa shape index (κ2) is 9.15. The van der Waals surface area contributed by atoms with Gasteiger partial charge in [0.05, 0.1) is 6.61 Å². The van der Waals surface area contributed by atoms with Gasteiger partial charge in [-0.3, -0.25) is 4.79 Å². The van der Waals surface area contributed by atoms with E-state index in [1.807, 2.05) is 13.8 Å². The lowest BCUT2D eigenvalue weighted by Gasteiger charge is -2.16. The number of nitrogens with one attached hydrogen (secondary N) is 3. The highest BCUT2D eigenvalue weighted by Gasteiger charge is 2.15. The molecule has 8 heteroatoms. The molecular formula is C11H21N3O5. The van der Waals surface area contributed by atoms with E-state index < -0.39 is 24.6 Å². The number of hydrogen-bond acceptors (Lipinski definition) is 4. The van der Waals surface area contributed by atoms with Crippen molar-refractivity contribution in [3.63, 3.8) is 0 Å². The van der Waals surface area contributed by atoms with E-state index >= 15 is 0 Å². The fourth-order valence-electron chi connectivity index (χ4n) is 1.12. The first-order valence-corrected chi connectivity index (χ1v) is 5.97. The Labute approximate surface area is 111 Å². The van der Waals surface area contributed by atoms with Crippen LogP contribution < -0.4 is 16.0 Å². The summed E-state index contributed by atoms with van der Waals surface area (Å²) >= 11 is 0. The molecule has 8 nitrogen and oxygen atoms in total. The molecule has 3 amide bonds. The molecule has 0 radical (unpaired) electrons. The summed E-state index contributed by atoms with van der Waals surface area (Å²) in [5, 5.41) is 15.9. The molecule has 0 aromatic carbocycles. The first kappa shape index (κ1) is 17.2. The minimum atomic E-state index is -1.07. The van der Waals surface area contributed by atoms with Gasteiger partial charge in [0, 0.05) is 12.6 Å². The molecule has 19 heavy (non-hydrogen) atoms. The van der Waals surface area contributed by atoms with Crippen molar-refractivity contribution >= 4 is 17.9 Å². The van der Waals surface area contributed by atoms with Crippen molar-refractivity contribution in [1.29, 1.82) is 0 Å². The monoisotopic (exact) mass is 275 g/mol. The maximum Gasteiger partial charge on any atom is 0.329 e. The van der Waals surface area contributed by atoms with E-state index in [4.69, 9.17) is 9.84 Å². The van der Waals surface area contributed by atoms with Crippen molar-refractivity contribution in [1.82, 2.24) is 16.0 Å². The predicted octanol–water partition coefficient (Wildman–Crippen LogP) is -0.700. The number of hydrogen-bond donors (Lipinski definition) is 4. The normalized spacial score (nSPS) is 11.8. The summed E-state index contributed by atoms with van der Waals surface area (Å²) in [6.07, 6.45) is 0. The van der Waals surface area contributed by atoms with E-state index in [1.54, 1.807) is 6.92 Å². The molecule has 1 atom stereocenters. The van der Waals surface area contributed by atoms with Gasteiger partial charge in [-0.15, -0.1) is 0 Å². The Kier molecular flexibility index (Phi) is 8.27. The minimum absolute atomic E-state index is 0.00392. The molecule has 0 saturated carbocycles. The van der Waals surface area contributed by atoms with Crippen molar-refractivity contribution in [2.75, 3.05) is 19.8 Å². The van der Waals surface area contributed by atoms with Gasteiger partial charge in [-0.25, -0.2) is 9.59 Å². The number of rotatable bonds is 8. The lowest BCUT2D eigenvalue weighted by atomic mass is 10.3. The fourth-order valence-corrected chi connectivity index (χ4v) is 1.12. The molecule has 0 saturated heterocycles. The Hall–Kier alpha value is -1.83. The van der Waals surface area contributed by atoms with Crippen LogP contribution in [0.3, 0.4) is 0 Å². The number of urea groups is 1. The zero-order valence-electron chi connectivity index (χ0n) is 11.4. The molecule has 0 bridgehead atoms. The lowest BCUT2D eigenvalue weighted by Crippen LogP contribution is -2.50. The van der Waals surface area contributed by atoms with Gasteiger partial charge in [-0.05, 0) is 20.8 Å². The SMILES string of the molecule is CC(C)NC(=O)C(C)NC(=O)NCCOCC(=O)O. The highest BCUT2D eigenvalue weighted by Crippen LogP contribution is 1.85. The Morgan fingerprint density at radius 1 is 1.16 bits per heavy atom. The van der Waals surface area contributed by atoms with Crippen molar-refractivity contribution in [3.05, 3.63) is 0 Å². The number of carboxylic acid groups (broad SMARTS) is 1. The lowest BCUT2D eigenvalue weighted by molar-refractivity contribution is -0.142. The van der Waals surface area contributed by atoms with Crippen LogP contribution >= 0.6 is 0 Å². The number of carboxylic acids is 1. The van der Waals surface area contributed by atoms with Gasteiger partial charge in [-0.1, -0.05) is 0 Å². The third-order valence-corrected chi connectivity index (χ3v) is 1.93. The predicted molar refractivity (Wildman–Crippen MR) is 67.7 cm³/mol. The summed E-state index contributed by atoms with van der Waals surface area (Å²) in [6, 6.07) is -1.16. The summed E-state index contributed by atoms with van der Waals surface area (Å²) in [4.78, 5) is 33.0. The van der Waals surface area contributed by atoms with Crippen LogP contribution in [-0.2, 0) is 14.3 Å². The maximum absolute atomic E-state index is 11.5. The minimum Gasteiger partial charge on any atom is -0.480 e. The van der Waals surface area contributed by atoms with E-state index in [2.05, 4.69) is 16.0 Å². The highest BCUT2D eigenvalue weighted by molar-refractivity contribution is 5.86. The van der Waals surface area contributed by atoms with Crippen LogP contribution in [0.4, 0.5) is 4.79 Å². The largest absolute Gasteiger partial charge is 0.480 e. The van der Waals surface area contributed by atoms with Crippen molar-refractivity contribution in [2.45, 2.75) is 32.9 Å². The van der Waals surface area contributed by atoms with Crippen LogP contribution in [0.2, 0.25) is 0 Å². The molecule has 0 aromatic heterocycles. The molecule has 0 aliphatic heterocycles. The van der Waals surface area contributed by atoms with E-state index in [0.717, 1.165) is 0 Å². The van der Waals surface area contributed by atoms with Crippen LogP contribution in [0.5, 0.6) is 0 Å². The number of carbonyl (C=O) groups is 3. The van der Waals surface area contributed by atoms with Gasteiger partial charge in [0.1, 0.15) is 12.6 Å². The Morgan fingerprint density at radius 3 is 2.32 bits per heavy atom. The maximum atomic E-state index is 11.5. The zero-order chi connectivity index (χ0) is 14.8. The highest BCUT2D eigenvalue weighted by atomic mass is 16.5. The molecule has 1 unspecified atom stereocenters. The third kappa shape index (κ3) is 9.83. The van der Waals surface area contributed by atoms with Gasteiger partial charge in [0.25, 0.3) is 0 Å². The molecule has 0 fully saturated rings. The Bertz CT molecular complexity index is 319. The van der Waals surface area contributed by atoms with Gasteiger partial charge in [0.15, 0.2) is 0 Å². The third-order valence-electron chi connectivity index (χ3n) is 1.93. The molecule has 0 spiro atoms. The molecule has 0 aliphatic carbocycles. The molecule has 110 valence electrons. The van der Waals surface area contributed by atoms with Gasteiger partial charge < -0.3 is 25.8 Å². The molecule has 0 aromatic rings. The molecule has 0 heterocycles. The van der Waals surface area contributed by atoms with E-state index in [0.29, 0.717) is 0 Å². The first-order valence-electron chi connectivity index (χ1n) is 5.97. The van der Waals surface area contributed by atoms with Crippen molar-refractivity contribution in [2.24, 2.45) is 0 Å². The Morgan fingerprint density at radius 2 is 1.79 bits per heavy atom. The van der Waals surface area contributed by atoms with Gasteiger partial charge >= 0.3 is 12.0 Å². The summed E-state index contributed by atoms with van der Waals surface area (Å²) < 4.78 is 4.73. The molecule has 0 rings (SSSR count). The topological polar surface area (TPSA) is 117 Å². The summed E-state index contributed by atoms with van der Waals surface area (Å²) in [5.74, 6) is -1.34. The van der Waals surface area contributed by atoms with Crippen LogP contribution in [0.1, 0.15) is 20.8 Å². The number of ether oxygens (including phenoxy) is 1.